The van der Waals surface area contributed by atoms with Gasteiger partial charge in [0.05, 0.1) is 18.2 Å². The maximum Gasteiger partial charge on any atom is 0.144 e. The zero-order chi connectivity index (χ0) is 15.0. The second-order valence-electron chi connectivity index (χ2n) is 4.75. The molecule has 0 bridgehead atoms. The Balaban J connectivity index is 1.76. The van der Waals surface area contributed by atoms with Crippen LogP contribution < -0.4 is 0 Å². The van der Waals surface area contributed by atoms with E-state index in [4.69, 9.17) is 4.42 Å². The van der Waals surface area contributed by atoms with Crippen LogP contribution in [0.4, 0.5) is 5.69 Å². The smallest absolute Gasteiger partial charge is 0.144 e. The van der Waals surface area contributed by atoms with Crippen molar-refractivity contribution in [1.82, 2.24) is 0 Å². The molecule has 0 N–H and O–H groups in total. The van der Waals surface area contributed by atoms with Gasteiger partial charge in [0, 0.05) is 12.0 Å². The number of hydrogen-bond acceptors (Lipinski definition) is 2. The van der Waals surface area contributed by atoms with Crippen molar-refractivity contribution in [3.8, 4) is 11.8 Å². The number of nitrogens with zero attached hydrogens (tertiary/aromatic N) is 1. The van der Waals surface area contributed by atoms with E-state index in [0.29, 0.717) is 6.42 Å². The summed E-state index contributed by atoms with van der Waals surface area (Å²) in [5.41, 5.74) is 3.05. The van der Waals surface area contributed by atoms with Gasteiger partial charge < -0.3 is 4.42 Å². The molecule has 0 spiro atoms. The second-order valence-corrected chi connectivity index (χ2v) is 4.75. The molecule has 0 aliphatic rings. The quantitative estimate of drug-likeness (QED) is 0.509. The van der Waals surface area contributed by atoms with E-state index < -0.39 is 0 Å². The first-order valence-corrected chi connectivity index (χ1v) is 7.11. The van der Waals surface area contributed by atoms with Crippen molar-refractivity contribution in [2.24, 2.45) is 4.99 Å². The third-order valence-corrected chi connectivity index (χ3v) is 3.15. The summed E-state index contributed by atoms with van der Waals surface area (Å²) < 4.78 is 5.26. The Morgan fingerprint density at radius 1 is 0.909 bits per heavy atom. The molecule has 0 radical (unpaired) electrons. The first kappa shape index (κ1) is 13.9. The zero-order valence-electron chi connectivity index (χ0n) is 12.1. The molecule has 0 saturated heterocycles. The Kier molecular flexibility index (Phi) is 4.49. The van der Waals surface area contributed by atoms with Crippen molar-refractivity contribution in [1.29, 1.82) is 0 Å². The molecular weight excluding hydrogens is 270 g/mol. The van der Waals surface area contributed by atoms with Crippen molar-refractivity contribution in [2.75, 3.05) is 0 Å². The normalized spacial score (nSPS) is 10.4. The van der Waals surface area contributed by atoms with Crippen LogP contribution in [0.2, 0.25) is 0 Å². The topological polar surface area (TPSA) is 25.5 Å². The van der Waals surface area contributed by atoms with Crippen LogP contribution in [0.5, 0.6) is 0 Å². The van der Waals surface area contributed by atoms with E-state index in [1.807, 2.05) is 60.7 Å². The Morgan fingerprint density at radius 2 is 1.73 bits per heavy atom. The largest absolute Gasteiger partial charge is 0.463 e. The van der Waals surface area contributed by atoms with E-state index in [-0.39, 0.29) is 0 Å². The van der Waals surface area contributed by atoms with Crippen LogP contribution in [0, 0.1) is 11.8 Å². The predicted octanol–water partition coefficient (Wildman–Crippen LogP) is 4.62. The number of furan rings is 1. The monoisotopic (exact) mass is 285 g/mol. The van der Waals surface area contributed by atoms with Gasteiger partial charge >= 0.3 is 0 Å². The highest BCUT2D eigenvalue weighted by molar-refractivity contribution is 5.79. The molecule has 106 valence electrons. The first-order valence-electron chi connectivity index (χ1n) is 7.11. The molecule has 2 heteroatoms. The lowest BCUT2D eigenvalue weighted by molar-refractivity contribution is 0.560. The van der Waals surface area contributed by atoms with Crippen molar-refractivity contribution in [3.05, 3.63) is 89.9 Å². The zero-order valence-corrected chi connectivity index (χ0v) is 12.1. The highest BCUT2D eigenvalue weighted by Crippen LogP contribution is 2.19. The van der Waals surface area contributed by atoms with Crippen LogP contribution in [0.3, 0.4) is 0 Å². The Labute approximate surface area is 130 Å². The van der Waals surface area contributed by atoms with Gasteiger partial charge in [-0.15, -0.1) is 0 Å². The van der Waals surface area contributed by atoms with Gasteiger partial charge in [0.2, 0.25) is 0 Å². The lowest BCUT2D eigenvalue weighted by atomic mass is 10.1. The molecule has 0 amide bonds. The highest BCUT2D eigenvalue weighted by Gasteiger charge is 1.98. The minimum Gasteiger partial charge on any atom is -0.463 e. The van der Waals surface area contributed by atoms with Gasteiger partial charge in [0.25, 0.3) is 0 Å². The van der Waals surface area contributed by atoms with Crippen LogP contribution in [0.1, 0.15) is 16.9 Å². The summed E-state index contributed by atoms with van der Waals surface area (Å²) in [5, 5.41) is 0. The molecule has 1 heterocycles. The molecule has 3 aromatic rings. The van der Waals surface area contributed by atoms with Crippen molar-refractivity contribution in [3.63, 3.8) is 0 Å². The molecule has 1 aromatic heterocycles. The lowest BCUT2D eigenvalue weighted by Crippen LogP contribution is -1.84. The van der Waals surface area contributed by atoms with Crippen molar-refractivity contribution in [2.45, 2.75) is 6.42 Å². The van der Waals surface area contributed by atoms with Crippen molar-refractivity contribution < 1.29 is 4.42 Å². The van der Waals surface area contributed by atoms with Gasteiger partial charge in [-0.1, -0.05) is 48.2 Å². The number of para-hydroxylation sites is 1. The van der Waals surface area contributed by atoms with E-state index >= 15 is 0 Å². The summed E-state index contributed by atoms with van der Waals surface area (Å²) in [6.07, 6.45) is 4.03. The molecule has 2 nitrogen and oxygen atoms in total. The second kappa shape index (κ2) is 7.10. The summed E-state index contributed by atoms with van der Waals surface area (Å²) in [5.74, 6) is 7.11. The molecular formula is C20H15NO. The fourth-order valence-corrected chi connectivity index (χ4v) is 2.05. The molecule has 0 aliphatic heterocycles. The molecule has 3 rings (SSSR count). The molecule has 0 fully saturated rings. The Hall–Kier alpha value is -3.05. The number of benzene rings is 2. The molecule has 2 aromatic carbocycles. The van der Waals surface area contributed by atoms with E-state index in [1.165, 1.54) is 0 Å². The minimum atomic E-state index is 0.667. The van der Waals surface area contributed by atoms with Crippen LogP contribution >= 0.6 is 0 Å². The van der Waals surface area contributed by atoms with Gasteiger partial charge in [-0.2, -0.15) is 0 Å². The molecule has 0 aliphatic carbocycles. The third-order valence-electron chi connectivity index (χ3n) is 3.15. The fourth-order valence-electron chi connectivity index (χ4n) is 2.05. The van der Waals surface area contributed by atoms with Gasteiger partial charge in [-0.25, -0.2) is 0 Å². The number of aliphatic imine (C=N–C) groups is 1. The summed E-state index contributed by atoms with van der Waals surface area (Å²) in [4.78, 5) is 4.49. The third kappa shape index (κ3) is 3.74. The first-order chi connectivity index (χ1) is 10.9. The lowest BCUT2D eigenvalue weighted by Gasteiger charge is -2.00. The summed E-state index contributed by atoms with van der Waals surface area (Å²) in [7, 11) is 0. The highest BCUT2D eigenvalue weighted by atomic mass is 16.3. The standard InChI is InChI=1S/C20H15NO/c1-2-8-17(9-3-1)10-6-12-18-11-4-5-14-20(18)21-16-19-13-7-15-22-19/h1-5,7-9,11,13-16H,12H2. The van der Waals surface area contributed by atoms with Gasteiger partial charge in [-0.3, -0.25) is 4.99 Å². The summed E-state index contributed by atoms with van der Waals surface area (Å²) in [6.45, 7) is 0. The maximum absolute atomic E-state index is 5.26. The average molecular weight is 285 g/mol. The Bertz CT molecular complexity index is 806. The molecule has 0 saturated carbocycles. The van der Waals surface area contributed by atoms with Gasteiger partial charge in [0.15, 0.2) is 0 Å². The van der Waals surface area contributed by atoms with E-state index in [1.54, 1.807) is 12.5 Å². The van der Waals surface area contributed by atoms with Crippen LogP contribution in [0.25, 0.3) is 0 Å². The van der Waals surface area contributed by atoms with Crippen molar-refractivity contribution >= 4 is 11.9 Å². The molecule has 0 unspecified atom stereocenters. The molecule has 0 atom stereocenters. The summed E-state index contributed by atoms with van der Waals surface area (Å²) in [6, 6.07) is 21.7. The number of rotatable bonds is 3. The fraction of sp³-hybridized carbons (Fsp3) is 0.0500. The molecule has 22 heavy (non-hydrogen) atoms. The van der Waals surface area contributed by atoms with E-state index in [2.05, 4.69) is 22.9 Å². The minimum absolute atomic E-state index is 0.667. The summed E-state index contributed by atoms with van der Waals surface area (Å²) >= 11 is 0. The van der Waals surface area contributed by atoms with E-state index in [0.717, 1.165) is 22.6 Å². The SMILES string of the molecule is C(#Cc1ccccc1)Cc1ccccc1N=Cc1ccco1. The van der Waals surface area contributed by atoms with E-state index in [9.17, 15) is 0 Å². The van der Waals surface area contributed by atoms with Gasteiger partial charge in [0.1, 0.15) is 5.76 Å². The van der Waals surface area contributed by atoms with Crippen LogP contribution in [-0.2, 0) is 6.42 Å². The van der Waals surface area contributed by atoms with Crippen LogP contribution in [0.15, 0.2) is 82.4 Å². The van der Waals surface area contributed by atoms with Crippen LogP contribution in [-0.4, -0.2) is 6.21 Å². The maximum atomic E-state index is 5.26. The number of hydrogen-bond donors (Lipinski definition) is 0. The Morgan fingerprint density at radius 3 is 2.55 bits per heavy atom. The predicted molar refractivity (Wildman–Crippen MR) is 89.4 cm³/mol. The average Bonchev–Trinajstić information content (AvgIpc) is 3.08. The van der Waals surface area contributed by atoms with Gasteiger partial charge in [-0.05, 0) is 35.9 Å².